The summed E-state index contributed by atoms with van der Waals surface area (Å²) >= 11 is 1.94. The van der Waals surface area contributed by atoms with Crippen LogP contribution >= 0.6 is 11.8 Å². The fourth-order valence-corrected chi connectivity index (χ4v) is 2.41. The van der Waals surface area contributed by atoms with Gasteiger partial charge in [-0.3, -0.25) is 0 Å². The predicted octanol–water partition coefficient (Wildman–Crippen LogP) is 2.69. The van der Waals surface area contributed by atoms with Gasteiger partial charge in [0.15, 0.2) is 0 Å². The molecule has 0 radical (unpaired) electrons. The summed E-state index contributed by atoms with van der Waals surface area (Å²) in [5, 5.41) is 3.36. The summed E-state index contributed by atoms with van der Waals surface area (Å²) in [6.45, 7) is 10.4. The molecule has 0 heterocycles. The van der Waals surface area contributed by atoms with Gasteiger partial charge >= 0.3 is 0 Å². The fourth-order valence-electron chi connectivity index (χ4n) is 1.84. The Bertz CT molecular complexity index is 183. The van der Waals surface area contributed by atoms with Crippen LogP contribution in [0.1, 0.15) is 34.1 Å². The Kier molecular flexibility index (Phi) is 7.70. The molecule has 2 unspecified atom stereocenters. The van der Waals surface area contributed by atoms with Crippen LogP contribution in [-0.4, -0.2) is 49.6 Å². The molecule has 0 spiro atoms. The fraction of sp³-hybridized carbons (Fsp3) is 1.00. The molecule has 0 amide bonds. The average Bonchev–Trinajstić information content (AvgIpc) is 2.23. The first-order valence-corrected chi connectivity index (χ1v) is 7.61. The van der Waals surface area contributed by atoms with Gasteiger partial charge in [-0.1, -0.05) is 13.8 Å². The number of nitrogens with zero attached hydrogens (tertiary/aromatic N) is 1. The molecule has 98 valence electrons. The van der Waals surface area contributed by atoms with Crippen LogP contribution in [0.15, 0.2) is 0 Å². The highest BCUT2D eigenvalue weighted by molar-refractivity contribution is 7.98. The Labute approximate surface area is 107 Å². The third kappa shape index (κ3) is 5.55. The van der Waals surface area contributed by atoms with Gasteiger partial charge in [-0.2, -0.15) is 11.8 Å². The molecular weight excluding hydrogens is 216 g/mol. The van der Waals surface area contributed by atoms with Crippen LogP contribution in [-0.2, 0) is 0 Å². The van der Waals surface area contributed by atoms with Crippen molar-refractivity contribution in [2.45, 2.75) is 46.2 Å². The third-order valence-electron chi connectivity index (χ3n) is 3.75. The highest BCUT2D eigenvalue weighted by Crippen LogP contribution is 2.22. The second-order valence-electron chi connectivity index (χ2n) is 5.54. The third-order valence-corrected chi connectivity index (χ3v) is 4.40. The minimum absolute atomic E-state index is 0.317. The molecule has 0 aromatic carbocycles. The standard InChI is InChI=1S/C13H30N2S/c1-11(8-9-16-7)15(6)10-13(3,4)12(2)14-5/h11-12,14H,8-10H2,1-7H3. The number of nitrogens with one attached hydrogen (secondary N) is 1. The van der Waals surface area contributed by atoms with Crippen molar-refractivity contribution in [3.63, 3.8) is 0 Å². The summed E-state index contributed by atoms with van der Waals surface area (Å²) in [4.78, 5) is 2.49. The first-order chi connectivity index (χ1) is 7.35. The molecule has 0 saturated heterocycles. The van der Waals surface area contributed by atoms with Gasteiger partial charge in [-0.15, -0.1) is 0 Å². The van der Waals surface area contributed by atoms with Gasteiger partial charge in [0.05, 0.1) is 0 Å². The van der Waals surface area contributed by atoms with E-state index in [2.05, 4.69) is 51.2 Å². The van der Waals surface area contributed by atoms with Gasteiger partial charge in [0, 0.05) is 18.6 Å². The first-order valence-electron chi connectivity index (χ1n) is 6.21. The second-order valence-corrected chi connectivity index (χ2v) is 6.53. The molecule has 2 nitrogen and oxygen atoms in total. The van der Waals surface area contributed by atoms with E-state index < -0.39 is 0 Å². The number of thioether (sulfide) groups is 1. The lowest BCUT2D eigenvalue weighted by Crippen LogP contribution is -2.46. The van der Waals surface area contributed by atoms with E-state index in [0.717, 1.165) is 6.54 Å². The van der Waals surface area contributed by atoms with Gasteiger partial charge < -0.3 is 10.2 Å². The lowest BCUT2D eigenvalue weighted by atomic mass is 9.84. The Hall–Kier alpha value is 0.270. The number of hydrogen-bond donors (Lipinski definition) is 1. The maximum Gasteiger partial charge on any atom is 0.00991 e. The summed E-state index contributed by atoms with van der Waals surface area (Å²) in [6.07, 6.45) is 3.46. The smallest absolute Gasteiger partial charge is 0.00991 e. The summed E-state index contributed by atoms with van der Waals surface area (Å²) in [7, 11) is 4.29. The van der Waals surface area contributed by atoms with E-state index in [4.69, 9.17) is 0 Å². The molecular formula is C13H30N2S. The molecule has 2 atom stereocenters. The van der Waals surface area contributed by atoms with Crippen LogP contribution in [0.25, 0.3) is 0 Å². The maximum atomic E-state index is 3.36. The van der Waals surface area contributed by atoms with Crippen LogP contribution in [0.4, 0.5) is 0 Å². The van der Waals surface area contributed by atoms with Gasteiger partial charge in [0.2, 0.25) is 0 Å². The van der Waals surface area contributed by atoms with E-state index in [0.29, 0.717) is 17.5 Å². The quantitative estimate of drug-likeness (QED) is 0.709. The van der Waals surface area contributed by atoms with Crippen LogP contribution in [0, 0.1) is 5.41 Å². The Balaban J connectivity index is 4.15. The zero-order valence-corrected chi connectivity index (χ0v) is 12.9. The Morgan fingerprint density at radius 2 is 1.88 bits per heavy atom. The van der Waals surface area contributed by atoms with E-state index in [-0.39, 0.29) is 0 Å². The molecule has 1 N–H and O–H groups in total. The van der Waals surface area contributed by atoms with Gasteiger partial charge in [0.1, 0.15) is 0 Å². The van der Waals surface area contributed by atoms with Crippen molar-refractivity contribution in [1.82, 2.24) is 10.2 Å². The lowest BCUT2D eigenvalue weighted by Gasteiger charge is -2.37. The van der Waals surface area contributed by atoms with Crippen molar-refractivity contribution in [2.75, 3.05) is 32.6 Å². The topological polar surface area (TPSA) is 15.3 Å². The second kappa shape index (κ2) is 7.57. The molecule has 0 saturated carbocycles. The van der Waals surface area contributed by atoms with Gasteiger partial charge in [-0.25, -0.2) is 0 Å². The largest absolute Gasteiger partial charge is 0.317 e. The zero-order valence-electron chi connectivity index (χ0n) is 12.1. The van der Waals surface area contributed by atoms with Crippen LogP contribution in [0.3, 0.4) is 0 Å². The zero-order chi connectivity index (χ0) is 12.8. The molecule has 0 bridgehead atoms. The van der Waals surface area contributed by atoms with E-state index in [1.807, 2.05) is 18.8 Å². The molecule has 0 aliphatic rings. The monoisotopic (exact) mass is 246 g/mol. The summed E-state index contributed by atoms with van der Waals surface area (Å²) in [5.74, 6) is 1.26. The number of hydrogen-bond acceptors (Lipinski definition) is 3. The number of rotatable bonds is 8. The van der Waals surface area contributed by atoms with Crippen molar-refractivity contribution in [3.05, 3.63) is 0 Å². The normalized spacial score (nSPS) is 16.5. The maximum absolute atomic E-state index is 3.36. The van der Waals surface area contributed by atoms with Crippen molar-refractivity contribution in [1.29, 1.82) is 0 Å². The SMILES string of the molecule is CNC(C)C(C)(C)CN(C)C(C)CCSC. The van der Waals surface area contributed by atoms with Crippen LogP contribution in [0.5, 0.6) is 0 Å². The lowest BCUT2D eigenvalue weighted by molar-refractivity contribution is 0.137. The van der Waals surface area contributed by atoms with Gasteiger partial charge in [-0.05, 0) is 51.8 Å². The molecule has 0 aromatic rings. The minimum Gasteiger partial charge on any atom is -0.317 e. The molecule has 3 heteroatoms. The Morgan fingerprint density at radius 1 is 1.31 bits per heavy atom. The highest BCUT2D eigenvalue weighted by atomic mass is 32.2. The molecule has 0 rings (SSSR count). The summed E-state index contributed by atoms with van der Waals surface area (Å²) < 4.78 is 0. The van der Waals surface area contributed by atoms with Crippen molar-refractivity contribution < 1.29 is 0 Å². The molecule has 0 aromatic heterocycles. The predicted molar refractivity (Wildman–Crippen MR) is 77.4 cm³/mol. The molecule has 0 fully saturated rings. The van der Waals surface area contributed by atoms with E-state index in [9.17, 15) is 0 Å². The van der Waals surface area contributed by atoms with E-state index >= 15 is 0 Å². The molecule has 0 aliphatic heterocycles. The Morgan fingerprint density at radius 3 is 2.31 bits per heavy atom. The first kappa shape index (κ1) is 16.3. The molecule has 0 aliphatic carbocycles. The van der Waals surface area contributed by atoms with Crippen molar-refractivity contribution in [2.24, 2.45) is 5.41 Å². The van der Waals surface area contributed by atoms with Crippen molar-refractivity contribution in [3.8, 4) is 0 Å². The highest BCUT2D eigenvalue weighted by Gasteiger charge is 2.27. The molecule has 16 heavy (non-hydrogen) atoms. The summed E-state index contributed by atoms with van der Waals surface area (Å²) in [5.41, 5.74) is 0.317. The average molecular weight is 246 g/mol. The van der Waals surface area contributed by atoms with Crippen LogP contribution in [0.2, 0.25) is 0 Å². The van der Waals surface area contributed by atoms with Crippen molar-refractivity contribution >= 4 is 11.8 Å². The van der Waals surface area contributed by atoms with E-state index in [1.165, 1.54) is 12.2 Å². The summed E-state index contributed by atoms with van der Waals surface area (Å²) in [6, 6.07) is 1.22. The van der Waals surface area contributed by atoms with E-state index in [1.54, 1.807) is 0 Å². The van der Waals surface area contributed by atoms with Gasteiger partial charge in [0.25, 0.3) is 0 Å². The van der Waals surface area contributed by atoms with Crippen LogP contribution < -0.4 is 5.32 Å². The minimum atomic E-state index is 0.317.